The summed E-state index contributed by atoms with van der Waals surface area (Å²) in [4.78, 5) is 4.98. The van der Waals surface area contributed by atoms with Crippen LogP contribution in [0.25, 0.3) is 22.0 Å². The second-order valence-corrected chi connectivity index (χ2v) is 6.76. The molecule has 1 aliphatic rings. The van der Waals surface area contributed by atoms with Crippen molar-refractivity contribution in [2.75, 3.05) is 0 Å². The lowest BCUT2D eigenvalue weighted by Crippen LogP contribution is -1.98. The van der Waals surface area contributed by atoms with Gasteiger partial charge in [-0.05, 0) is 80.5 Å². The molecule has 0 radical (unpaired) electrons. The van der Waals surface area contributed by atoms with Crippen LogP contribution in [0.2, 0.25) is 0 Å². The summed E-state index contributed by atoms with van der Waals surface area (Å²) in [5, 5.41) is 1.24. The van der Waals surface area contributed by atoms with Crippen LogP contribution in [0, 0.1) is 6.92 Å². The minimum absolute atomic E-state index is 1.06. The molecule has 1 aromatic carbocycles. The summed E-state index contributed by atoms with van der Waals surface area (Å²) in [6.45, 7) is 8.49. The summed E-state index contributed by atoms with van der Waals surface area (Å²) in [7, 11) is 0. The van der Waals surface area contributed by atoms with Gasteiger partial charge in [0.1, 0.15) is 0 Å². The van der Waals surface area contributed by atoms with E-state index in [2.05, 4.69) is 94.5 Å². The van der Waals surface area contributed by atoms with E-state index < -0.39 is 0 Å². The zero-order valence-corrected chi connectivity index (χ0v) is 16.2. The molecule has 0 aliphatic heterocycles. The van der Waals surface area contributed by atoms with Crippen molar-refractivity contribution in [1.82, 2.24) is 4.98 Å². The third kappa shape index (κ3) is 3.62. The van der Waals surface area contributed by atoms with Crippen LogP contribution in [0.15, 0.2) is 72.4 Å². The van der Waals surface area contributed by atoms with Gasteiger partial charge in [-0.3, -0.25) is 0 Å². The van der Waals surface area contributed by atoms with Gasteiger partial charge in [-0.15, -0.1) is 0 Å². The van der Waals surface area contributed by atoms with Crippen LogP contribution < -0.4 is 0 Å². The lowest BCUT2D eigenvalue weighted by molar-refractivity contribution is 1.04. The highest BCUT2D eigenvalue weighted by Crippen LogP contribution is 2.33. The Morgan fingerprint density at radius 3 is 2.58 bits per heavy atom. The molecule has 0 N–H and O–H groups in total. The molecule has 0 saturated carbocycles. The smallest absolute Gasteiger partial charge is 0.0718 e. The Balaban J connectivity index is 2.36. The number of rotatable bonds is 4. The van der Waals surface area contributed by atoms with E-state index in [1.807, 2.05) is 0 Å². The molecule has 3 rings (SSSR count). The molecule has 0 spiro atoms. The lowest BCUT2D eigenvalue weighted by Gasteiger charge is -2.16. The Labute approximate surface area is 157 Å². The first-order valence-corrected chi connectivity index (χ1v) is 9.39. The number of hydrogen-bond donors (Lipinski definition) is 0. The highest BCUT2D eigenvalue weighted by molar-refractivity contribution is 5.99. The molecule has 1 aliphatic carbocycles. The normalized spacial score (nSPS) is 15.8. The summed E-state index contributed by atoms with van der Waals surface area (Å²) in [5.41, 5.74) is 8.40. The molecule has 0 unspecified atom stereocenters. The van der Waals surface area contributed by atoms with Crippen LogP contribution in [-0.2, 0) is 0 Å². The van der Waals surface area contributed by atoms with Crippen molar-refractivity contribution >= 4 is 22.0 Å². The molecular weight excluding hydrogens is 314 g/mol. The SMILES string of the molecule is C\C=C/C(C)=C(\C=C/C)c1cc(C2=CCCC=C2)nc2cccc(C)c12. The summed E-state index contributed by atoms with van der Waals surface area (Å²) >= 11 is 0. The fraction of sp³-hybridized carbons (Fsp3) is 0.240. The number of allylic oxidation sites excluding steroid dienone is 10. The summed E-state index contributed by atoms with van der Waals surface area (Å²) in [6.07, 6.45) is 17.6. The number of aromatic nitrogens is 1. The number of nitrogens with zero attached hydrogens (tertiary/aromatic N) is 1. The molecular formula is C25H27N. The number of aryl methyl sites for hydroxylation is 1. The van der Waals surface area contributed by atoms with Gasteiger partial charge in [0.05, 0.1) is 11.2 Å². The largest absolute Gasteiger partial charge is 0.248 e. The Morgan fingerprint density at radius 2 is 1.88 bits per heavy atom. The average molecular weight is 341 g/mol. The van der Waals surface area contributed by atoms with Gasteiger partial charge in [-0.1, -0.05) is 54.7 Å². The Bertz CT molecular complexity index is 965. The van der Waals surface area contributed by atoms with Gasteiger partial charge in [-0.25, -0.2) is 4.98 Å². The van der Waals surface area contributed by atoms with Crippen molar-refractivity contribution in [2.45, 2.75) is 40.5 Å². The number of hydrogen-bond acceptors (Lipinski definition) is 1. The van der Waals surface area contributed by atoms with Gasteiger partial charge < -0.3 is 0 Å². The summed E-state index contributed by atoms with van der Waals surface area (Å²) in [6, 6.07) is 8.66. The molecule has 0 fully saturated rings. The van der Waals surface area contributed by atoms with Gasteiger partial charge in [0.2, 0.25) is 0 Å². The van der Waals surface area contributed by atoms with Crippen molar-refractivity contribution in [3.8, 4) is 0 Å². The molecule has 0 atom stereocenters. The second kappa shape index (κ2) is 8.14. The van der Waals surface area contributed by atoms with Crippen molar-refractivity contribution in [3.05, 3.63) is 89.2 Å². The van der Waals surface area contributed by atoms with Crippen LogP contribution in [0.1, 0.15) is 50.4 Å². The van der Waals surface area contributed by atoms with Crippen LogP contribution in [-0.4, -0.2) is 4.98 Å². The molecule has 26 heavy (non-hydrogen) atoms. The monoisotopic (exact) mass is 341 g/mol. The van der Waals surface area contributed by atoms with E-state index in [1.165, 1.54) is 33.2 Å². The van der Waals surface area contributed by atoms with Crippen molar-refractivity contribution in [3.63, 3.8) is 0 Å². The van der Waals surface area contributed by atoms with E-state index in [9.17, 15) is 0 Å². The fourth-order valence-corrected chi connectivity index (χ4v) is 3.57. The molecule has 132 valence electrons. The Hall–Kier alpha value is -2.67. The van der Waals surface area contributed by atoms with Gasteiger partial charge in [-0.2, -0.15) is 0 Å². The molecule has 0 saturated heterocycles. The number of pyridine rings is 1. The third-order valence-electron chi connectivity index (χ3n) is 4.80. The first kappa shape index (κ1) is 18.1. The van der Waals surface area contributed by atoms with Gasteiger partial charge in [0, 0.05) is 5.39 Å². The van der Waals surface area contributed by atoms with Crippen LogP contribution >= 0.6 is 0 Å². The maximum Gasteiger partial charge on any atom is 0.0718 e. The van der Waals surface area contributed by atoms with Crippen LogP contribution in [0.4, 0.5) is 0 Å². The quantitative estimate of drug-likeness (QED) is 0.536. The first-order valence-electron chi connectivity index (χ1n) is 9.39. The molecule has 1 heteroatoms. The molecule has 1 nitrogen and oxygen atoms in total. The first-order chi connectivity index (χ1) is 12.7. The minimum Gasteiger partial charge on any atom is -0.248 e. The van der Waals surface area contributed by atoms with E-state index in [0.717, 1.165) is 24.1 Å². The predicted molar refractivity (Wildman–Crippen MR) is 115 cm³/mol. The van der Waals surface area contributed by atoms with Crippen LogP contribution in [0.5, 0.6) is 0 Å². The van der Waals surface area contributed by atoms with E-state index in [-0.39, 0.29) is 0 Å². The standard InChI is InChI=1S/C25H27N/c1-5-11-18(3)21(12-6-2)22-17-24(20-14-8-7-9-15-20)26-23-16-10-13-19(4)25(22)23/h5-6,8,10-17H,7,9H2,1-4H3/b11-5-,12-6-,21-18+. The van der Waals surface area contributed by atoms with Crippen molar-refractivity contribution < 1.29 is 0 Å². The fourth-order valence-electron chi connectivity index (χ4n) is 3.57. The van der Waals surface area contributed by atoms with E-state index in [1.54, 1.807) is 0 Å². The third-order valence-corrected chi connectivity index (χ3v) is 4.80. The Kier molecular flexibility index (Phi) is 5.68. The molecule has 2 aromatic rings. The molecule has 1 aromatic heterocycles. The lowest BCUT2D eigenvalue weighted by atomic mass is 9.92. The van der Waals surface area contributed by atoms with E-state index >= 15 is 0 Å². The molecule has 1 heterocycles. The van der Waals surface area contributed by atoms with Gasteiger partial charge >= 0.3 is 0 Å². The predicted octanol–water partition coefficient (Wildman–Crippen LogP) is 7.20. The van der Waals surface area contributed by atoms with Crippen LogP contribution in [0.3, 0.4) is 0 Å². The average Bonchev–Trinajstić information content (AvgIpc) is 2.66. The highest BCUT2D eigenvalue weighted by Gasteiger charge is 2.14. The number of benzene rings is 1. The highest BCUT2D eigenvalue weighted by atomic mass is 14.7. The topological polar surface area (TPSA) is 12.9 Å². The zero-order valence-electron chi connectivity index (χ0n) is 16.2. The van der Waals surface area contributed by atoms with Gasteiger partial charge in [0.25, 0.3) is 0 Å². The number of fused-ring (bicyclic) bond motifs is 1. The summed E-state index contributed by atoms with van der Waals surface area (Å²) < 4.78 is 0. The second-order valence-electron chi connectivity index (χ2n) is 6.76. The maximum absolute atomic E-state index is 4.98. The summed E-state index contributed by atoms with van der Waals surface area (Å²) in [5.74, 6) is 0. The van der Waals surface area contributed by atoms with Crippen molar-refractivity contribution in [1.29, 1.82) is 0 Å². The molecule has 0 amide bonds. The molecule has 0 bridgehead atoms. The van der Waals surface area contributed by atoms with E-state index in [4.69, 9.17) is 4.98 Å². The maximum atomic E-state index is 4.98. The minimum atomic E-state index is 1.06. The van der Waals surface area contributed by atoms with E-state index in [0.29, 0.717) is 0 Å². The zero-order chi connectivity index (χ0) is 18.5. The van der Waals surface area contributed by atoms with Gasteiger partial charge in [0.15, 0.2) is 0 Å². The Morgan fingerprint density at radius 1 is 1.08 bits per heavy atom. The van der Waals surface area contributed by atoms with Crippen molar-refractivity contribution in [2.24, 2.45) is 0 Å².